The van der Waals surface area contributed by atoms with Crippen molar-refractivity contribution in [2.75, 3.05) is 14.7 Å². The number of benzene rings is 8. The summed E-state index contributed by atoms with van der Waals surface area (Å²) in [4.78, 5) is 8.45. The Labute approximate surface area is 409 Å². The molecule has 4 aliphatic heterocycles. The molecule has 2 fully saturated rings. The second-order valence-corrected chi connectivity index (χ2v) is 22.2. The van der Waals surface area contributed by atoms with Crippen LogP contribution in [-0.2, 0) is 10.8 Å². The topological polar surface area (TPSA) is 9.72 Å². The minimum absolute atomic E-state index is 0.0205. The fourth-order valence-corrected chi connectivity index (χ4v) is 15.7. The fourth-order valence-electron chi connectivity index (χ4n) is 15.7. The summed E-state index contributed by atoms with van der Waals surface area (Å²) in [6.07, 6.45) is 9.57. The van der Waals surface area contributed by atoms with Crippen LogP contribution in [0.4, 0.5) is 39.8 Å². The largest absolute Gasteiger partial charge is 0.335 e. The van der Waals surface area contributed by atoms with Crippen LogP contribution in [0.25, 0.3) is 22.3 Å². The summed E-state index contributed by atoms with van der Waals surface area (Å²) in [7, 11) is 0. The van der Waals surface area contributed by atoms with Crippen LogP contribution in [0, 0.1) is 13.8 Å². The van der Waals surface area contributed by atoms with Crippen molar-refractivity contribution in [3.8, 4) is 22.3 Å². The van der Waals surface area contributed by atoms with Gasteiger partial charge in [-0.25, -0.2) is 0 Å². The van der Waals surface area contributed by atoms with E-state index >= 15 is 0 Å². The van der Waals surface area contributed by atoms with Gasteiger partial charge in [0.25, 0.3) is 6.71 Å². The van der Waals surface area contributed by atoms with E-state index in [1.54, 1.807) is 5.56 Å². The molecule has 69 heavy (non-hydrogen) atoms. The van der Waals surface area contributed by atoms with Crippen molar-refractivity contribution in [2.45, 2.75) is 108 Å². The average molecular weight is 894 g/mol. The minimum Gasteiger partial charge on any atom is -0.335 e. The summed E-state index contributed by atoms with van der Waals surface area (Å²) in [5.74, 6) is 0. The second kappa shape index (κ2) is 14.6. The van der Waals surface area contributed by atoms with E-state index in [1.807, 2.05) is 0 Å². The Bertz CT molecular complexity index is 3380. The van der Waals surface area contributed by atoms with Crippen molar-refractivity contribution in [1.82, 2.24) is 0 Å². The first-order chi connectivity index (χ1) is 33.6. The van der Waals surface area contributed by atoms with Crippen molar-refractivity contribution in [2.24, 2.45) is 0 Å². The van der Waals surface area contributed by atoms with Crippen LogP contribution in [-0.4, -0.2) is 17.8 Å². The Hall–Kier alpha value is -6.78. The first-order valence-corrected chi connectivity index (χ1v) is 25.9. The number of anilines is 7. The maximum atomic E-state index is 2.94. The van der Waals surface area contributed by atoms with Gasteiger partial charge in [-0.1, -0.05) is 172 Å². The van der Waals surface area contributed by atoms with E-state index in [4.69, 9.17) is 0 Å². The highest BCUT2D eigenvalue weighted by molar-refractivity contribution is 7.00. The molecule has 14 rings (SSSR count). The van der Waals surface area contributed by atoms with Crippen LogP contribution in [0.15, 0.2) is 176 Å². The smallest absolute Gasteiger partial charge is 0.252 e. The zero-order valence-electron chi connectivity index (χ0n) is 40.8. The van der Waals surface area contributed by atoms with Gasteiger partial charge in [-0.15, -0.1) is 0 Å². The van der Waals surface area contributed by atoms with Gasteiger partial charge in [0.05, 0.1) is 11.1 Å². The van der Waals surface area contributed by atoms with Crippen molar-refractivity contribution >= 4 is 62.9 Å². The SMILES string of the molecule is Cc1cc(C)c2c(c1)N(c1cc3c4c(c1)N1c5c(cccc5C5(c6ccccc6)CCCCC15C)B4c1cc(-c4ccccc4)ccc1N3c1ccc(-c3ccccc3)cc1)C1(C)CCCCC21C. The van der Waals surface area contributed by atoms with Gasteiger partial charge in [-0.05, 0) is 156 Å². The molecule has 8 aromatic carbocycles. The molecular formula is C65H60BN3. The zero-order chi connectivity index (χ0) is 46.4. The normalized spacial score (nSPS) is 24.5. The Kier molecular flexibility index (Phi) is 8.74. The summed E-state index contributed by atoms with van der Waals surface area (Å²) in [5, 5.41) is 0. The summed E-state index contributed by atoms with van der Waals surface area (Å²) in [6.45, 7) is 12.6. The predicted molar refractivity (Wildman–Crippen MR) is 292 cm³/mol. The van der Waals surface area contributed by atoms with Crippen LogP contribution in [0.3, 0.4) is 0 Å². The molecule has 0 bridgehead atoms. The number of para-hydroxylation sites is 1. The van der Waals surface area contributed by atoms with E-state index < -0.39 is 0 Å². The molecule has 8 aromatic rings. The highest BCUT2D eigenvalue weighted by atomic mass is 15.3. The van der Waals surface area contributed by atoms with E-state index in [0.717, 1.165) is 19.3 Å². The molecule has 6 aliphatic rings. The van der Waals surface area contributed by atoms with Gasteiger partial charge in [-0.2, -0.15) is 0 Å². The van der Waals surface area contributed by atoms with Crippen molar-refractivity contribution in [1.29, 1.82) is 0 Å². The van der Waals surface area contributed by atoms with Crippen LogP contribution in [0.2, 0.25) is 0 Å². The summed E-state index contributed by atoms with van der Waals surface area (Å²) < 4.78 is 0. The summed E-state index contributed by atoms with van der Waals surface area (Å²) in [5.41, 5.74) is 25.4. The van der Waals surface area contributed by atoms with Crippen LogP contribution >= 0.6 is 0 Å². The maximum Gasteiger partial charge on any atom is 0.252 e. The second-order valence-electron chi connectivity index (χ2n) is 22.2. The molecule has 4 atom stereocenters. The van der Waals surface area contributed by atoms with Gasteiger partial charge in [0.1, 0.15) is 0 Å². The quantitative estimate of drug-likeness (QED) is 0.159. The van der Waals surface area contributed by atoms with Crippen molar-refractivity contribution in [3.05, 3.63) is 204 Å². The molecule has 0 radical (unpaired) electrons. The molecule has 2 saturated carbocycles. The summed E-state index contributed by atoms with van der Waals surface area (Å²) >= 11 is 0. The first-order valence-electron chi connectivity index (χ1n) is 25.9. The fraction of sp³-hybridized carbons (Fsp3) is 0.262. The molecule has 2 aliphatic carbocycles. The lowest BCUT2D eigenvalue weighted by Crippen LogP contribution is -2.65. The first kappa shape index (κ1) is 41.2. The molecule has 3 nitrogen and oxygen atoms in total. The van der Waals surface area contributed by atoms with Crippen LogP contribution in [0.1, 0.15) is 100.0 Å². The summed E-state index contributed by atoms with van der Waals surface area (Å²) in [6, 6.07) is 68.0. The Morgan fingerprint density at radius 3 is 1.81 bits per heavy atom. The van der Waals surface area contributed by atoms with Crippen molar-refractivity contribution < 1.29 is 0 Å². The Morgan fingerprint density at radius 1 is 0.449 bits per heavy atom. The number of nitrogens with zero attached hydrogens (tertiary/aromatic N) is 3. The van der Waals surface area contributed by atoms with Gasteiger partial charge >= 0.3 is 0 Å². The average Bonchev–Trinajstić information content (AvgIpc) is 3.75. The standard InChI is InChI=1S/C65H60BN3/c1-43-38-44(2)59-56(39-43)68(63(4)35-16-15-34-62(59,63)3)51-41-57-60-58(42-51)69-61-52(65(49-24-13-8-14-25-49)37-18-17-36-64(65,69)5)26-19-27-53(61)66(60)54-40-48(46-22-11-7-12-23-46)30-33-55(54)67(57)50-31-28-47(29-32-50)45-20-9-6-10-21-45/h6-14,19-33,38-42H,15-18,34-37H2,1-5H3. The third kappa shape index (κ3) is 5.36. The monoisotopic (exact) mass is 893 g/mol. The number of aryl methyl sites for hydroxylation is 2. The molecule has 338 valence electrons. The molecule has 4 heterocycles. The molecule has 0 saturated heterocycles. The lowest BCUT2D eigenvalue weighted by Gasteiger charge is -2.54. The zero-order valence-corrected chi connectivity index (χ0v) is 40.8. The lowest BCUT2D eigenvalue weighted by atomic mass is 9.33. The van der Waals surface area contributed by atoms with Crippen LogP contribution in [0.5, 0.6) is 0 Å². The molecule has 4 unspecified atom stereocenters. The van der Waals surface area contributed by atoms with E-state index in [9.17, 15) is 0 Å². The van der Waals surface area contributed by atoms with Crippen molar-refractivity contribution in [3.63, 3.8) is 0 Å². The number of fused-ring (bicyclic) bond motifs is 10. The number of hydrogen-bond acceptors (Lipinski definition) is 3. The molecule has 4 heteroatoms. The molecule has 0 spiro atoms. The highest BCUT2D eigenvalue weighted by Gasteiger charge is 2.65. The molecule has 0 aromatic heterocycles. The third-order valence-corrected chi connectivity index (χ3v) is 18.8. The third-order valence-electron chi connectivity index (χ3n) is 18.8. The molecular weight excluding hydrogens is 834 g/mol. The van der Waals surface area contributed by atoms with E-state index in [-0.39, 0.29) is 28.6 Å². The van der Waals surface area contributed by atoms with E-state index in [0.29, 0.717) is 0 Å². The number of hydrogen-bond donors (Lipinski definition) is 0. The van der Waals surface area contributed by atoms with Gasteiger partial charge in [-0.3, -0.25) is 0 Å². The van der Waals surface area contributed by atoms with Crippen LogP contribution < -0.4 is 31.1 Å². The van der Waals surface area contributed by atoms with Gasteiger partial charge in [0.2, 0.25) is 0 Å². The Balaban J connectivity index is 1.10. The minimum atomic E-state index is -0.198. The van der Waals surface area contributed by atoms with E-state index in [1.165, 1.54) is 133 Å². The number of rotatable bonds is 5. The van der Waals surface area contributed by atoms with Gasteiger partial charge in [0, 0.05) is 50.6 Å². The maximum absolute atomic E-state index is 2.94. The predicted octanol–water partition coefficient (Wildman–Crippen LogP) is 14.8. The van der Waals surface area contributed by atoms with Gasteiger partial charge in [0.15, 0.2) is 0 Å². The van der Waals surface area contributed by atoms with E-state index in [2.05, 4.69) is 225 Å². The molecule has 0 amide bonds. The lowest BCUT2D eigenvalue weighted by molar-refractivity contribution is 0.194. The highest BCUT2D eigenvalue weighted by Crippen LogP contribution is 2.66. The van der Waals surface area contributed by atoms with Gasteiger partial charge < -0.3 is 14.7 Å². The molecule has 0 N–H and O–H groups in total. The Morgan fingerprint density at radius 2 is 1.07 bits per heavy atom.